The second-order valence-corrected chi connectivity index (χ2v) is 4.58. The maximum absolute atomic E-state index is 11.4. The predicted octanol–water partition coefficient (Wildman–Crippen LogP) is 3.28. The van der Waals surface area contributed by atoms with Crippen molar-refractivity contribution in [1.29, 1.82) is 0 Å². The third kappa shape index (κ3) is 10.3. The molecule has 0 fully saturated rings. The van der Waals surface area contributed by atoms with Gasteiger partial charge in [0.05, 0.1) is 13.2 Å². The molecule has 17 heavy (non-hydrogen) atoms. The summed E-state index contributed by atoms with van der Waals surface area (Å²) in [7, 11) is 0. The lowest BCUT2D eigenvalue weighted by Crippen LogP contribution is -2.34. The van der Waals surface area contributed by atoms with Crippen LogP contribution in [0, 0.1) is 0 Å². The van der Waals surface area contributed by atoms with Crippen LogP contribution in [0.3, 0.4) is 0 Å². The number of unbranched alkanes of at least 4 members (excludes halogenated alkanes) is 2. The van der Waals surface area contributed by atoms with E-state index in [9.17, 15) is 4.79 Å². The zero-order chi connectivity index (χ0) is 12.9. The van der Waals surface area contributed by atoms with E-state index in [1.165, 1.54) is 12.8 Å². The van der Waals surface area contributed by atoms with E-state index in [1.807, 2.05) is 0 Å². The third-order valence-electron chi connectivity index (χ3n) is 2.84. The molecule has 3 nitrogen and oxygen atoms in total. The molecule has 0 aromatic heterocycles. The lowest BCUT2D eigenvalue weighted by Gasteiger charge is -2.17. The Kier molecular flexibility index (Phi) is 11.5. The van der Waals surface area contributed by atoms with Gasteiger partial charge in [-0.1, -0.05) is 46.5 Å². The molecule has 0 heterocycles. The monoisotopic (exact) mass is 243 g/mol. The summed E-state index contributed by atoms with van der Waals surface area (Å²) in [6, 6.07) is 0.471. The molecule has 0 amide bonds. The van der Waals surface area contributed by atoms with Gasteiger partial charge in [0.1, 0.15) is 0 Å². The molecule has 1 N–H and O–H groups in total. The average Bonchev–Trinajstić information content (AvgIpc) is 2.33. The Balaban J connectivity index is 3.66. The Bertz CT molecular complexity index is 183. The number of nitrogens with one attached hydrogen (secondary N) is 1. The van der Waals surface area contributed by atoms with Crippen molar-refractivity contribution in [2.24, 2.45) is 0 Å². The molecule has 0 rings (SSSR count). The van der Waals surface area contributed by atoms with Crippen LogP contribution in [0.1, 0.15) is 65.7 Å². The molecule has 1 unspecified atom stereocenters. The summed E-state index contributed by atoms with van der Waals surface area (Å²) in [5.41, 5.74) is 0. The maximum Gasteiger partial charge on any atom is 0.319 e. The van der Waals surface area contributed by atoms with Gasteiger partial charge in [-0.25, -0.2) is 0 Å². The van der Waals surface area contributed by atoms with Crippen LogP contribution < -0.4 is 5.32 Å². The highest BCUT2D eigenvalue weighted by molar-refractivity contribution is 5.71. The number of ether oxygens (including phenoxy) is 1. The number of rotatable bonds is 11. The quantitative estimate of drug-likeness (QED) is 0.447. The zero-order valence-corrected chi connectivity index (χ0v) is 11.8. The van der Waals surface area contributed by atoms with Gasteiger partial charge in [-0.2, -0.15) is 0 Å². The standard InChI is InChI=1S/C14H29NO2/c1-4-7-10-13(9-6-3)15-12-14(16)17-11-8-5-2/h13,15H,4-12H2,1-3H3. The Morgan fingerprint density at radius 1 is 1.06 bits per heavy atom. The summed E-state index contributed by atoms with van der Waals surface area (Å²) in [5, 5.41) is 3.31. The van der Waals surface area contributed by atoms with E-state index in [4.69, 9.17) is 4.74 Å². The minimum absolute atomic E-state index is 0.115. The fourth-order valence-corrected chi connectivity index (χ4v) is 1.76. The molecule has 0 saturated heterocycles. The molecular weight excluding hydrogens is 214 g/mol. The highest BCUT2D eigenvalue weighted by atomic mass is 16.5. The molecule has 0 saturated carbocycles. The van der Waals surface area contributed by atoms with Crippen LogP contribution in [0.15, 0.2) is 0 Å². The van der Waals surface area contributed by atoms with Crippen LogP contribution in [-0.2, 0) is 9.53 Å². The van der Waals surface area contributed by atoms with Gasteiger partial charge in [-0.15, -0.1) is 0 Å². The smallest absolute Gasteiger partial charge is 0.319 e. The number of hydrogen-bond donors (Lipinski definition) is 1. The molecular formula is C14H29NO2. The fourth-order valence-electron chi connectivity index (χ4n) is 1.76. The Labute approximate surface area is 106 Å². The van der Waals surface area contributed by atoms with E-state index in [0.717, 1.165) is 32.1 Å². The van der Waals surface area contributed by atoms with Crippen molar-refractivity contribution in [3.05, 3.63) is 0 Å². The van der Waals surface area contributed by atoms with Crippen molar-refractivity contribution in [3.8, 4) is 0 Å². The van der Waals surface area contributed by atoms with Crippen molar-refractivity contribution in [3.63, 3.8) is 0 Å². The third-order valence-corrected chi connectivity index (χ3v) is 2.84. The first-order valence-electron chi connectivity index (χ1n) is 7.13. The number of carbonyl (C=O) groups excluding carboxylic acids is 1. The minimum Gasteiger partial charge on any atom is -0.465 e. The van der Waals surface area contributed by atoms with Crippen molar-refractivity contribution < 1.29 is 9.53 Å². The van der Waals surface area contributed by atoms with E-state index < -0.39 is 0 Å². The van der Waals surface area contributed by atoms with Crippen LogP contribution in [-0.4, -0.2) is 25.2 Å². The molecule has 102 valence electrons. The van der Waals surface area contributed by atoms with Gasteiger partial charge in [0, 0.05) is 6.04 Å². The number of hydrogen-bond acceptors (Lipinski definition) is 3. The highest BCUT2D eigenvalue weighted by Crippen LogP contribution is 2.06. The first-order valence-corrected chi connectivity index (χ1v) is 7.13. The van der Waals surface area contributed by atoms with E-state index in [1.54, 1.807) is 0 Å². The maximum atomic E-state index is 11.4. The molecule has 0 radical (unpaired) electrons. The summed E-state index contributed by atoms with van der Waals surface area (Å²) < 4.78 is 5.11. The predicted molar refractivity (Wildman–Crippen MR) is 72.1 cm³/mol. The Morgan fingerprint density at radius 2 is 1.76 bits per heavy atom. The average molecular weight is 243 g/mol. The molecule has 0 aliphatic rings. The van der Waals surface area contributed by atoms with Gasteiger partial charge in [-0.3, -0.25) is 4.79 Å². The fraction of sp³-hybridized carbons (Fsp3) is 0.929. The van der Waals surface area contributed by atoms with Crippen LogP contribution in [0.5, 0.6) is 0 Å². The molecule has 0 aromatic carbocycles. The topological polar surface area (TPSA) is 38.3 Å². The first-order chi connectivity index (χ1) is 8.24. The van der Waals surface area contributed by atoms with Gasteiger partial charge in [0.25, 0.3) is 0 Å². The SMILES string of the molecule is CCCCOC(=O)CNC(CCC)CCCC. The largest absolute Gasteiger partial charge is 0.465 e. The lowest BCUT2D eigenvalue weighted by molar-refractivity contribution is -0.142. The van der Waals surface area contributed by atoms with Gasteiger partial charge in [-0.05, 0) is 19.3 Å². The molecule has 0 aromatic rings. The van der Waals surface area contributed by atoms with Crippen molar-refractivity contribution >= 4 is 5.97 Å². The van der Waals surface area contributed by atoms with Gasteiger partial charge < -0.3 is 10.1 Å². The summed E-state index contributed by atoms with van der Waals surface area (Å²) in [5.74, 6) is -0.115. The van der Waals surface area contributed by atoms with Crippen molar-refractivity contribution in [1.82, 2.24) is 5.32 Å². The van der Waals surface area contributed by atoms with Gasteiger partial charge >= 0.3 is 5.97 Å². The van der Waals surface area contributed by atoms with Crippen molar-refractivity contribution in [2.45, 2.75) is 71.8 Å². The second kappa shape index (κ2) is 11.9. The molecule has 0 aliphatic carbocycles. The van der Waals surface area contributed by atoms with E-state index in [0.29, 0.717) is 19.2 Å². The van der Waals surface area contributed by atoms with Gasteiger partial charge in [0.15, 0.2) is 0 Å². The first kappa shape index (κ1) is 16.4. The van der Waals surface area contributed by atoms with Crippen LogP contribution in [0.25, 0.3) is 0 Å². The summed E-state index contributed by atoms with van der Waals surface area (Å²) >= 11 is 0. The minimum atomic E-state index is -0.115. The molecule has 3 heteroatoms. The highest BCUT2D eigenvalue weighted by Gasteiger charge is 2.09. The molecule has 0 aliphatic heterocycles. The zero-order valence-electron chi connectivity index (χ0n) is 11.8. The van der Waals surface area contributed by atoms with Gasteiger partial charge in [0.2, 0.25) is 0 Å². The van der Waals surface area contributed by atoms with Crippen LogP contribution >= 0.6 is 0 Å². The summed E-state index contributed by atoms with van der Waals surface area (Å²) in [6.07, 6.45) is 7.92. The normalized spacial score (nSPS) is 12.4. The second-order valence-electron chi connectivity index (χ2n) is 4.58. The van der Waals surface area contributed by atoms with E-state index >= 15 is 0 Å². The molecule has 0 spiro atoms. The van der Waals surface area contributed by atoms with Crippen LogP contribution in [0.2, 0.25) is 0 Å². The lowest BCUT2D eigenvalue weighted by atomic mass is 10.1. The summed E-state index contributed by atoms with van der Waals surface area (Å²) in [6.45, 7) is 7.39. The van der Waals surface area contributed by atoms with E-state index in [-0.39, 0.29) is 5.97 Å². The summed E-state index contributed by atoms with van der Waals surface area (Å²) in [4.78, 5) is 11.4. The molecule has 1 atom stereocenters. The van der Waals surface area contributed by atoms with Crippen LogP contribution in [0.4, 0.5) is 0 Å². The number of carbonyl (C=O) groups is 1. The Morgan fingerprint density at radius 3 is 2.35 bits per heavy atom. The molecule has 0 bridgehead atoms. The Hall–Kier alpha value is -0.570. The number of esters is 1. The van der Waals surface area contributed by atoms with E-state index in [2.05, 4.69) is 26.1 Å². The van der Waals surface area contributed by atoms with Crippen molar-refractivity contribution in [2.75, 3.05) is 13.2 Å².